The summed E-state index contributed by atoms with van der Waals surface area (Å²) in [7, 11) is 0. The van der Waals surface area contributed by atoms with Gasteiger partial charge in [-0.2, -0.15) is 0 Å². The van der Waals surface area contributed by atoms with Crippen LogP contribution in [0.25, 0.3) is 11.1 Å². The van der Waals surface area contributed by atoms with E-state index < -0.39 is 0 Å². The summed E-state index contributed by atoms with van der Waals surface area (Å²) in [6, 6.07) is 19.2. The van der Waals surface area contributed by atoms with Crippen LogP contribution >= 0.6 is 11.6 Å². The first-order chi connectivity index (χ1) is 10.2. The highest BCUT2D eigenvalue weighted by molar-refractivity contribution is 6.30. The maximum atomic E-state index is 10.5. The van der Waals surface area contributed by atoms with E-state index in [0.717, 1.165) is 16.7 Å². The highest BCUT2D eigenvalue weighted by Crippen LogP contribution is 2.33. The molecular weight excluding hydrogens is 282 g/mol. The largest absolute Gasteiger partial charge is 0.505 e. The second-order valence-electron chi connectivity index (χ2n) is 4.83. The molecule has 0 atom stereocenters. The van der Waals surface area contributed by atoms with E-state index >= 15 is 0 Å². The number of nitrogens with zero attached hydrogens (tertiary/aromatic N) is 1. The molecule has 3 heteroatoms. The minimum atomic E-state index is 0.212. The van der Waals surface area contributed by atoms with E-state index in [0.29, 0.717) is 17.1 Å². The lowest BCUT2D eigenvalue weighted by Gasteiger charge is -2.09. The van der Waals surface area contributed by atoms with E-state index in [-0.39, 0.29) is 5.75 Å². The Balaban J connectivity index is 1.99. The standard InChI is InChI=1S/C18H14ClNO/c19-15-8-4-7-14(12-15)16-9-10-20-17(18(16)21)11-13-5-2-1-3-6-13/h1-10,12,21H,11H2. The van der Waals surface area contributed by atoms with Gasteiger partial charge in [-0.25, -0.2) is 0 Å². The average molecular weight is 296 g/mol. The van der Waals surface area contributed by atoms with Crippen LogP contribution in [0, 0.1) is 0 Å². The molecule has 2 aromatic carbocycles. The molecule has 0 aliphatic heterocycles. The van der Waals surface area contributed by atoms with Crippen molar-refractivity contribution in [1.29, 1.82) is 0 Å². The van der Waals surface area contributed by atoms with Gasteiger partial charge in [0.05, 0.1) is 5.69 Å². The van der Waals surface area contributed by atoms with Crippen molar-refractivity contribution in [3.63, 3.8) is 0 Å². The van der Waals surface area contributed by atoms with Crippen LogP contribution in [0.3, 0.4) is 0 Å². The molecule has 0 unspecified atom stereocenters. The highest BCUT2D eigenvalue weighted by atomic mass is 35.5. The summed E-state index contributed by atoms with van der Waals surface area (Å²) < 4.78 is 0. The van der Waals surface area contributed by atoms with Gasteiger partial charge in [0.1, 0.15) is 5.75 Å². The van der Waals surface area contributed by atoms with Gasteiger partial charge >= 0.3 is 0 Å². The number of benzene rings is 2. The minimum absolute atomic E-state index is 0.212. The summed E-state index contributed by atoms with van der Waals surface area (Å²) in [5.41, 5.74) is 3.41. The molecule has 0 saturated carbocycles. The number of hydrogen-bond acceptors (Lipinski definition) is 2. The third kappa shape index (κ3) is 3.06. The summed E-state index contributed by atoms with van der Waals surface area (Å²) in [5.74, 6) is 0.212. The Bertz CT molecular complexity index is 756. The second-order valence-corrected chi connectivity index (χ2v) is 5.26. The van der Waals surface area contributed by atoms with Gasteiger partial charge in [-0.15, -0.1) is 0 Å². The monoisotopic (exact) mass is 295 g/mol. The Morgan fingerprint density at radius 1 is 0.952 bits per heavy atom. The fourth-order valence-electron chi connectivity index (χ4n) is 2.30. The van der Waals surface area contributed by atoms with Crippen molar-refractivity contribution in [2.45, 2.75) is 6.42 Å². The fraction of sp³-hybridized carbons (Fsp3) is 0.0556. The Hall–Kier alpha value is -2.32. The first-order valence-corrected chi connectivity index (χ1v) is 7.08. The van der Waals surface area contributed by atoms with Gasteiger partial charge in [-0.3, -0.25) is 4.98 Å². The number of pyridine rings is 1. The lowest BCUT2D eigenvalue weighted by molar-refractivity contribution is 0.467. The number of rotatable bonds is 3. The molecule has 1 N–H and O–H groups in total. The molecule has 0 bridgehead atoms. The summed E-state index contributed by atoms with van der Waals surface area (Å²) >= 11 is 6.02. The first-order valence-electron chi connectivity index (χ1n) is 6.71. The summed E-state index contributed by atoms with van der Waals surface area (Å²) in [5, 5.41) is 11.1. The molecule has 0 radical (unpaired) electrons. The molecule has 0 aliphatic carbocycles. The van der Waals surface area contributed by atoms with Crippen LogP contribution in [-0.4, -0.2) is 10.1 Å². The quantitative estimate of drug-likeness (QED) is 0.760. The van der Waals surface area contributed by atoms with Gasteiger partial charge in [-0.05, 0) is 29.3 Å². The molecule has 104 valence electrons. The zero-order valence-corrected chi connectivity index (χ0v) is 12.1. The van der Waals surface area contributed by atoms with Crippen molar-refractivity contribution >= 4 is 11.6 Å². The Morgan fingerprint density at radius 3 is 2.52 bits per heavy atom. The van der Waals surface area contributed by atoms with Crippen LogP contribution in [0.5, 0.6) is 5.75 Å². The van der Waals surface area contributed by atoms with Crippen LogP contribution in [0.4, 0.5) is 0 Å². The zero-order valence-electron chi connectivity index (χ0n) is 11.3. The van der Waals surface area contributed by atoms with Gasteiger partial charge in [-0.1, -0.05) is 54.1 Å². The predicted molar refractivity (Wildman–Crippen MR) is 85.6 cm³/mol. The van der Waals surface area contributed by atoms with E-state index in [2.05, 4.69) is 4.98 Å². The Kier molecular flexibility index (Phi) is 3.89. The SMILES string of the molecule is Oc1c(-c2cccc(Cl)c2)ccnc1Cc1ccccc1. The Labute approximate surface area is 128 Å². The van der Waals surface area contributed by atoms with Crippen LogP contribution < -0.4 is 0 Å². The molecule has 0 spiro atoms. The Morgan fingerprint density at radius 2 is 1.76 bits per heavy atom. The molecule has 3 aromatic rings. The highest BCUT2D eigenvalue weighted by Gasteiger charge is 2.11. The van der Waals surface area contributed by atoms with Gasteiger partial charge < -0.3 is 5.11 Å². The second kappa shape index (κ2) is 5.98. The fourth-order valence-corrected chi connectivity index (χ4v) is 2.50. The molecule has 1 heterocycles. The lowest BCUT2D eigenvalue weighted by Crippen LogP contribution is -1.94. The van der Waals surface area contributed by atoms with Crippen molar-refractivity contribution in [2.75, 3.05) is 0 Å². The van der Waals surface area contributed by atoms with Crippen molar-refractivity contribution < 1.29 is 5.11 Å². The van der Waals surface area contributed by atoms with Crippen molar-refractivity contribution in [3.05, 3.63) is 83.1 Å². The molecule has 2 nitrogen and oxygen atoms in total. The van der Waals surface area contributed by atoms with E-state index in [1.807, 2.05) is 54.6 Å². The number of aromatic hydroxyl groups is 1. The molecular formula is C18H14ClNO. The summed E-state index contributed by atoms with van der Waals surface area (Å²) in [6.45, 7) is 0. The molecule has 0 aliphatic rings. The van der Waals surface area contributed by atoms with Crippen LogP contribution in [-0.2, 0) is 6.42 Å². The van der Waals surface area contributed by atoms with E-state index in [9.17, 15) is 5.11 Å². The molecule has 3 rings (SSSR count). The molecule has 0 amide bonds. The normalized spacial score (nSPS) is 10.5. The maximum Gasteiger partial charge on any atom is 0.145 e. The van der Waals surface area contributed by atoms with Gasteiger partial charge in [0.15, 0.2) is 0 Å². The van der Waals surface area contributed by atoms with Crippen molar-refractivity contribution in [1.82, 2.24) is 4.98 Å². The molecule has 0 fully saturated rings. The van der Waals surface area contributed by atoms with Crippen molar-refractivity contribution in [3.8, 4) is 16.9 Å². The van der Waals surface area contributed by atoms with Crippen LogP contribution in [0.1, 0.15) is 11.3 Å². The molecule has 21 heavy (non-hydrogen) atoms. The van der Waals surface area contributed by atoms with E-state index in [1.165, 1.54) is 0 Å². The van der Waals surface area contributed by atoms with E-state index in [1.54, 1.807) is 12.3 Å². The van der Waals surface area contributed by atoms with Gasteiger partial charge in [0.2, 0.25) is 0 Å². The first kappa shape index (κ1) is 13.7. The minimum Gasteiger partial charge on any atom is -0.505 e. The molecule has 1 aromatic heterocycles. The predicted octanol–water partition coefficient (Wildman–Crippen LogP) is 4.70. The number of aromatic nitrogens is 1. The summed E-state index contributed by atoms with van der Waals surface area (Å²) in [6.07, 6.45) is 2.31. The zero-order chi connectivity index (χ0) is 14.7. The average Bonchev–Trinajstić information content (AvgIpc) is 2.50. The van der Waals surface area contributed by atoms with Crippen LogP contribution in [0.15, 0.2) is 66.9 Å². The third-order valence-corrected chi connectivity index (χ3v) is 3.59. The maximum absolute atomic E-state index is 10.5. The smallest absolute Gasteiger partial charge is 0.145 e. The number of hydrogen-bond donors (Lipinski definition) is 1. The van der Waals surface area contributed by atoms with E-state index in [4.69, 9.17) is 11.6 Å². The summed E-state index contributed by atoms with van der Waals surface area (Å²) in [4.78, 5) is 4.30. The molecule has 0 saturated heterocycles. The van der Waals surface area contributed by atoms with Gasteiger partial charge in [0, 0.05) is 23.2 Å². The lowest BCUT2D eigenvalue weighted by atomic mass is 10.0. The van der Waals surface area contributed by atoms with Gasteiger partial charge in [0.25, 0.3) is 0 Å². The number of halogens is 1. The topological polar surface area (TPSA) is 33.1 Å². The van der Waals surface area contributed by atoms with Crippen LogP contribution in [0.2, 0.25) is 5.02 Å². The van der Waals surface area contributed by atoms with Crippen molar-refractivity contribution in [2.24, 2.45) is 0 Å². The third-order valence-electron chi connectivity index (χ3n) is 3.35.